The largest absolute Gasteiger partial charge is 0.491 e. The van der Waals surface area contributed by atoms with Crippen LogP contribution in [-0.2, 0) is 0 Å². The van der Waals surface area contributed by atoms with Gasteiger partial charge in [0.05, 0.1) is 6.61 Å². The van der Waals surface area contributed by atoms with E-state index >= 15 is 0 Å². The van der Waals surface area contributed by atoms with Crippen LogP contribution >= 0.6 is 0 Å². The first-order chi connectivity index (χ1) is 6.24. The molecule has 0 saturated carbocycles. The van der Waals surface area contributed by atoms with Crippen LogP contribution < -0.4 is 4.74 Å². The number of aryl methyl sites for hydroxylation is 1. The highest BCUT2D eigenvalue weighted by Gasteiger charge is 2.01. The van der Waals surface area contributed by atoms with Crippen LogP contribution in [0, 0.1) is 12.7 Å². The highest BCUT2D eigenvalue weighted by Crippen LogP contribution is 2.18. The van der Waals surface area contributed by atoms with Gasteiger partial charge < -0.3 is 4.74 Å². The molecule has 1 nitrogen and oxygen atoms in total. The quantitative estimate of drug-likeness (QED) is 0.649. The fourth-order valence-corrected chi connectivity index (χ4v) is 1.05. The lowest BCUT2D eigenvalue weighted by atomic mass is 10.2. The van der Waals surface area contributed by atoms with Crippen LogP contribution in [0.5, 0.6) is 5.75 Å². The summed E-state index contributed by atoms with van der Waals surface area (Å²) in [7, 11) is 0. The summed E-state index contributed by atoms with van der Waals surface area (Å²) in [4.78, 5) is 0. The van der Waals surface area contributed by atoms with Crippen molar-refractivity contribution >= 4 is 0 Å². The molecule has 0 N–H and O–H groups in total. The molecule has 0 unspecified atom stereocenters. The van der Waals surface area contributed by atoms with Crippen molar-refractivity contribution in [3.05, 3.63) is 29.6 Å². The molecule has 0 spiro atoms. The molecule has 0 saturated heterocycles. The van der Waals surface area contributed by atoms with Gasteiger partial charge in [0.25, 0.3) is 0 Å². The van der Waals surface area contributed by atoms with Crippen LogP contribution in [0.4, 0.5) is 4.39 Å². The van der Waals surface area contributed by atoms with Gasteiger partial charge in [0.15, 0.2) is 11.6 Å². The van der Waals surface area contributed by atoms with Gasteiger partial charge >= 0.3 is 0 Å². The van der Waals surface area contributed by atoms with Crippen molar-refractivity contribution in [2.75, 3.05) is 6.61 Å². The molecule has 13 heavy (non-hydrogen) atoms. The van der Waals surface area contributed by atoms with Crippen molar-refractivity contribution in [1.29, 1.82) is 0 Å². The van der Waals surface area contributed by atoms with Crippen LogP contribution in [0.2, 0.25) is 0 Å². The van der Waals surface area contributed by atoms with E-state index in [-0.39, 0.29) is 5.82 Å². The zero-order chi connectivity index (χ0) is 9.68. The summed E-state index contributed by atoms with van der Waals surface area (Å²) >= 11 is 0. The second-order valence-corrected chi connectivity index (χ2v) is 3.14. The Bertz CT molecular complexity index is 271. The Morgan fingerprint density at radius 2 is 2.15 bits per heavy atom. The molecule has 0 amide bonds. The molecule has 0 bridgehead atoms. The first-order valence-electron chi connectivity index (χ1n) is 4.63. The molecule has 0 radical (unpaired) electrons. The van der Waals surface area contributed by atoms with E-state index in [1.165, 1.54) is 6.07 Å². The van der Waals surface area contributed by atoms with Gasteiger partial charge in [-0.05, 0) is 31.0 Å². The second kappa shape index (κ2) is 4.85. The number of benzene rings is 1. The molecule has 1 rings (SSSR count). The van der Waals surface area contributed by atoms with Gasteiger partial charge in [0.1, 0.15) is 0 Å². The zero-order valence-corrected chi connectivity index (χ0v) is 8.14. The highest BCUT2D eigenvalue weighted by atomic mass is 19.1. The Morgan fingerprint density at radius 1 is 1.38 bits per heavy atom. The fraction of sp³-hybridized carbons (Fsp3) is 0.455. The molecule has 0 fully saturated rings. The van der Waals surface area contributed by atoms with E-state index in [2.05, 4.69) is 6.92 Å². The van der Waals surface area contributed by atoms with Crippen LogP contribution in [0.25, 0.3) is 0 Å². The Balaban J connectivity index is 2.59. The standard InChI is InChI=1S/C11H15FO/c1-3-4-7-13-11-8-9(2)5-6-10(11)12/h5-6,8H,3-4,7H2,1-2H3. The summed E-state index contributed by atoms with van der Waals surface area (Å²) < 4.78 is 18.4. The summed E-state index contributed by atoms with van der Waals surface area (Å²) in [5.41, 5.74) is 1.02. The van der Waals surface area contributed by atoms with E-state index < -0.39 is 0 Å². The van der Waals surface area contributed by atoms with Gasteiger partial charge in [-0.1, -0.05) is 19.4 Å². The lowest BCUT2D eigenvalue weighted by molar-refractivity contribution is 0.294. The molecule has 0 aliphatic carbocycles. The van der Waals surface area contributed by atoms with Gasteiger partial charge in [-0.15, -0.1) is 0 Å². The summed E-state index contributed by atoms with van der Waals surface area (Å²) in [6, 6.07) is 4.91. The minimum Gasteiger partial charge on any atom is -0.491 e. The molecule has 0 heterocycles. The van der Waals surface area contributed by atoms with Gasteiger partial charge in [-0.3, -0.25) is 0 Å². The normalized spacial score (nSPS) is 10.1. The van der Waals surface area contributed by atoms with Crippen molar-refractivity contribution in [1.82, 2.24) is 0 Å². The minimum atomic E-state index is -0.276. The Kier molecular flexibility index (Phi) is 3.74. The zero-order valence-electron chi connectivity index (χ0n) is 8.14. The molecule has 1 aromatic rings. The van der Waals surface area contributed by atoms with E-state index in [0.717, 1.165) is 18.4 Å². The van der Waals surface area contributed by atoms with E-state index in [0.29, 0.717) is 12.4 Å². The molecule has 1 aromatic carbocycles. The molecule has 72 valence electrons. The number of hydrogen-bond donors (Lipinski definition) is 0. The summed E-state index contributed by atoms with van der Waals surface area (Å²) in [6.07, 6.45) is 2.03. The summed E-state index contributed by atoms with van der Waals surface area (Å²) in [6.45, 7) is 4.60. The van der Waals surface area contributed by atoms with Crippen LogP contribution in [-0.4, -0.2) is 6.61 Å². The second-order valence-electron chi connectivity index (χ2n) is 3.14. The Morgan fingerprint density at radius 3 is 2.85 bits per heavy atom. The van der Waals surface area contributed by atoms with Crippen LogP contribution in [0.15, 0.2) is 18.2 Å². The topological polar surface area (TPSA) is 9.23 Å². The van der Waals surface area contributed by atoms with Crippen molar-refractivity contribution in [2.24, 2.45) is 0 Å². The minimum absolute atomic E-state index is 0.276. The average molecular weight is 182 g/mol. The molecule has 0 atom stereocenters. The maximum atomic E-state index is 13.1. The fourth-order valence-electron chi connectivity index (χ4n) is 1.05. The lowest BCUT2D eigenvalue weighted by Crippen LogP contribution is -1.98. The van der Waals surface area contributed by atoms with E-state index in [4.69, 9.17) is 4.74 Å². The molecular weight excluding hydrogens is 167 g/mol. The van der Waals surface area contributed by atoms with Crippen LogP contribution in [0.3, 0.4) is 0 Å². The van der Waals surface area contributed by atoms with Gasteiger partial charge in [0.2, 0.25) is 0 Å². The molecule has 0 aromatic heterocycles. The van der Waals surface area contributed by atoms with Crippen molar-refractivity contribution in [3.8, 4) is 5.75 Å². The number of halogens is 1. The number of hydrogen-bond acceptors (Lipinski definition) is 1. The van der Waals surface area contributed by atoms with Gasteiger partial charge in [-0.25, -0.2) is 4.39 Å². The van der Waals surface area contributed by atoms with Crippen molar-refractivity contribution in [3.63, 3.8) is 0 Å². The maximum absolute atomic E-state index is 13.1. The van der Waals surface area contributed by atoms with Crippen molar-refractivity contribution < 1.29 is 9.13 Å². The average Bonchev–Trinajstić information content (AvgIpc) is 2.11. The number of unbranched alkanes of at least 4 members (excludes halogenated alkanes) is 1. The lowest BCUT2D eigenvalue weighted by Gasteiger charge is -2.06. The number of ether oxygens (including phenoxy) is 1. The third-order valence-corrected chi connectivity index (χ3v) is 1.84. The SMILES string of the molecule is CCCCOc1cc(C)ccc1F. The van der Waals surface area contributed by atoms with E-state index in [1.807, 2.05) is 6.92 Å². The first-order valence-corrected chi connectivity index (χ1v) is 4.63. The summed E-state index contributed by atoms with van der Waals surface area (Å²) in [5.74, 6) is 0.0927. The monoisotopic (exact) mass is 182 g/mol. The highest BCUT2D eigenvalue weighted by molar-refractivity contribution is 5.29. The predicted molar refractivity (Wildman–Crippen MR) is 51.5 cm³/mol. The van der Waals surface area contributed by atoms with Crippen molar-refractivity contribution in [2.45, 2.75) is 26.7 Å². The molecule has 0 aliphatic heterocycles. The third-order valence-electron chi connectivity index (χ3n) is 1.84. The van der Waals surface area contributed by atoms with Gasteiger partial charge in [0, 0.05) is 0 Å². The van der Waals surface area contributed by atoms with Gasteiger partial charge in [-0.2, -0.15) is 0 Å². The molecule has 0 aliphatic rings. The van der Waals surface area contributed by atoms with E-state index in [1.54, 1.807) is 12.1 Å². The van der Waals surface area contributed by atoms with E-state index in [9.17, 15) is 4.39 Å². The molecule has 2 heteroatoms. The summed E-state index contributed by atoms with van der Waals surface area (Å²) in [5, 5.41) is 0. The predicted octanol–water partition coefficient (Wildman–Crippen LogP) is 3.31. The maximum Gasteiger partial charge on any atom is 0.165 e. The Labute approximate surface area is 78.5 Å². The smallest absolute Gasteiger partial charge is 0.165 e. The number of rotatable bonds is 4. The third kappa shape index (κ3) is 3.05. The Hall–Kier alpha value is -1.05. The molecular formula is C11H15FO. The van der Waals surface area contributed by atoms with Crippen LogP contribution in [0.1, 0.15) is 25.3 Å². The first kappa shape index (κ1) is 10.0.